The molecule has 3 nitrogen and oxygen atoms in total. The zero-order valence-corrected chi connectivity index (χ0v) is 11.2. The minimum absolute atomic E-state index is 0.196. The highest BCUT2D eigenvalue weighted by molar-refractivity contribution is 5.72. The third-order valence-electron chi connectivity index (χ3n) is 2.47. The molecule has 0 atom stereocenters. The van der Waals surface area contributed by atoms with Gasteiger partial charge in [-0.3, -0.25) is 0 Å². The summed E-state index contributed by atoms with van der Waals surface area (Å²) in [6.45, 7) is 0. The van der Waals surface area contributed by atoms with Crippen molar-refractivity contribution in [2.75, 3.05) is 33.2 Å². The van der Waals surface area contributed by atoms with Gasteiger partial charge in [0.2, 0.25) is 0 Å². The van der Waals surface area contributed by atoms with E-state index in [4.69, 9.17) is 9.47 Å². The number of hydrogen-bond donors (Lipinski definition) is 0. The molecule has 0 amide bonds. The minimum Gasteiger partial charge on any atom is -0.493 e. The van der Waals surface area contributed by atoms with E-state index >= 15 is 0 Å². The highest BCUT2D eigenvalue weighted by Crippen LogP contribution is 2.35. The Balaban J connectivity index is 3.32. The van der Waals surface area contributed by atoms with Gasteiger partial charge in [0, 0.05) is 37.5 Å². The highest BCUT2D eigenvalue weighted by Gasteiger charge is 2.22. The summed E-state index contributed by atoms with van der Waals surface area (Å²) < 4.78 is 47.0. The molecule has 0 aliphatic carbocycles. The van der Waals surface area contributed by atoms with E-state index in [2.05, 4.69) is 0 Å². The predicted molar refractivity (Wildman–Crippen MR) is 69.0 cm³/mol. The van der Waals surface area contributed by atoms with Crippen LogP contribution in [0.2, 0.25) is 0 Å². The first-order valence-electron chi connectivity index (χ1n) is 5.48. The molecule has 0 radical (unpaired) electrons. The quantitative estimate of drug-likeness (QED) is 0.841. The fourth-order valence-electron chi connectivity index (χ4n) is 1.59. The topological polar surface area (TPSA) is 21.7 Å². The molecule has 0 saturated carbocycles. The molecule has 0 saturated heterocycles. The molecular weight excluding hydrogens is 259 g/mol. The van der Waals surface area contributed by atoms with Gasteiger partial charge >= 0.3 is 6.18 Å². The molecule has 0 aromatic heterocycles. The van der Waals surface area contributed by atoms with E-state index in [0.29, 0.717) is 22.7 Å². The Hall–Kier alpha value is -1.85. The largest absolute Gasteiger partial charge is 0.493 e. The zero-order chi connectivity index (χ0) is 14.6. The number of benzene rings is 1. The Bertz CT molecular complexity index is 468. The average molecular weight is 275 g/mol. The molecule has 1 aromatic rings. The molecular formula is C13H16F3NO2. The summed E-state index contributed by atoms with van der Waals surface area (Å²) in [6.07, 6.45) is -3.14. The lowest BCUT2D eigenvalue weighted by molar-refractivity contribution is -0.0790. The van der Waals surface area contributed by atoms with Crippen LogP contribution < -0.4 is 14.4 Å². The van der Waals surface area contributed by atoms with Crippen LogP contribution in [0.15, 0.2) is 18.2 Å². The molecule has 0 spiro atoms. The fourth-order valence-corrected chi connectivity index (χ4v) is 1.59. The lowest BCUT2D eigenvalue weighted by Gasteiger charge is -2.19. The van der Waals surface area contributed by atoms with E-state index in [-0.39, 0.29) is 6.08 Å². The van der Waals surface area contributed by atoms with Crippen LogP contribution in [-0.2, 0) is 0 Å². The van der Waals surface area contributed by atoms with Crippen molar-refractivity contribution in [1.82, 2.24) is 0 Å². The summed E-state index contributed by atoms with van der Waals surface area (Å²) in [6, 6.07) is 3.14. The first-order chi connectivity index (χ1) is 8.78. The van der Waals surface area contributed by atoms with Crippen LogP contribution >= 0.6 is 0 Å². The number of ether oxygens (including phenoxy) is 2. The molecule has 0 unspecified atom stereocenters. The van der Waals surface area contributed by atoms with E-state index in [1.165, 1.54) is 20.3 Å². The monoisotopic (exact) mass is 275 g/mol. The van der Waals surface area contributed by atoms with Gasteiger partial charge in [-0.15, -0.1) is 0 Å². The van der Waals surface area contributed by atoms with Crippen molar-refractivity contribution in [2.45, 2.75) is 6.18 Å². The molecule has 6 heteroatoms. The van der Waals surface area contributed by atoms with E-state index in [1.54, 1.807) is 25.1 Å². The SMILES string of the molecule is COc1cc(/C=C/C(F)(F)F)c(N(C)C)cc1OC. The van der Waals surface area contributed by atoms with Crippen LogP contribution in [0, 0.1) is 0 Å². The Morgan fingerprint density at radius 1 is 1.05 bits per heavy atom. The van der Waals surface area contributed by atoms with Crippen LogP contribution in [0.4, 0.5) is 18.9 Å². The summed E-state index contributed by atoms with van der Waals surface area (Å²) in [4.78, 5) is 1.71. The second kappa shape index (κ2) is 5.86. The van der Waals surface area contributed by atoms with Crippen LogP contribution in [0.25, 0.3) is 6.08 Å². The number of halogens is 3. The van der Waals surface area contributed by atoms with Gasteiger partial charge in [0.05, 0.1) is 14.2 Å². The summed E-state index contributed by atoms with van der Waals surface area (Å²) >= 11 is 0. The number of methoxy groups -OCH3 is 2. The van der Waals surface area contributed by atoms with Crippen LogP contribution in [0.3, 0.4) is 0 Å². The molecule has 0 bridgehead atoms. The molecule has 0 aliphatic rings. The van der Waals surface area contributed by atoms with Gasteiger partial charge in [-0.05, 0) is 12.1 Å². The Morgan fingerprint density at radius 2 is 1.58 bits per heavy atom. The predicted octanol–water partition coefficient (Wildman–Crippen LogP) is 3.35. The maximum absolute atomic E-state index is 12.2. The molecule has 0 N–H and O–H groups in total. The minimum atomic E-state index is -4.35. The first-order valence-corrected chi connectivity index (χ1v) is 5.48. The zero-order valence-electron chi connectivity index (χ0n) is 11.2. The summed E-state index contributed by atoms with van der Waals surface area (Å²) in [5.74, 6) is 0.852. The van der Waals surface area contributed by atoms with Crippen molar-refractivity contribution >= 4 is 11.8 Å². The van der Waals surface area contributed by atoms with E-state index < -0.39 is 6.18 Å². The highest BCUT2D eigenvalue weighted by atomic mass is 19.4. The van der Waals surface area contributed by atoms with E-state index in [9.17, 15) is 13.2 Å². The van der Waals surface area contributed by atoms with Gasteiger partial charge in [-0.25, -0.2) is 0 Å². The normalized spacial score (nSPS) is 11.7. The number of rotatable bonds is 4. The third-order valence-corrected chi connectivity index (χ3v) is 2.47. The second-order valence-corrected chi connectivity index (χ2v) is 4.04. The van der Waals surface area contributed by atoms with Crippen molar-refractivity contribution in [3.05, 3.63) is 23.8 Å². The summed E-state index contributed by atoms with van der Waals surface area (Å²) in [5, 5.41) is 0. The van der Waals surface area contributed by atoms with Crippen LogP contribution in [0.1, 0.15) is 5.56 Å². The second-order valence-electron chi connectivity index (χ2n) is 4.04. The number of hydrogen-bond acceptors (Lipinski definition) is 3. The Kier molecular flexibility index (Phi) is 4.69. The Labute approximate surface area is 110 Å². The third kappa shape index (κ3) is 4.08. The average Bonchev–Trinajstić information content (AvgIpc) is 2.33. The molecule has 19 heavy (non-hydrogen) atoms. The van der Waals surface area contributed by atoms with Gasteiger partial charge < -0.3 is 14.4 Å². The van der Waals surface area contributed by atoms with Crippen molar-refractivity contribution in [2.24, 2.45) is 0 Å². The molecule has 0 heterocycles. The molecule has 0 aliphatic heterocycles. The van der Waals surface area contributed by atoms with Crippen LogP contribution in [-0.4, -0.2) is 34.5 Å². The maximum atomic E-state index is 12.2. The maximum Gasteiger partial charge on any atom is 0.409 e. The number of anilines is 1. The van der Waals surface area contributed by atoms with Gasteiger partial charge in [0.15, 0.2) is 11.5 Å². The van der Waals surface area contributed by atoms with Gasteiger partial charge in [0.1, 0.15) is 0 Å². The van der Waals surface area contributed by atoms with Crippen molar-refractivity contribution < 1.29 is 22.6 Å². The smallest absolute Gasteiger partial charge is 0.409 e. The van der Waals surface area contributed by atoms with E-state index in [1.807, 2.05) is 0 Å². The number of allylic oxidation sites excluding steroid dienone is 1. The molecule has 1 rings (SSSR count). The molecule has 1 aromatic carbocycles. The summed E-state index contributed by atoms with van der Waals surface area (Å²) in [7, 11) is 6.39. The number of nitrogens with zero attached hydrogens (tertiary/aromatic N) is 1. The molecule has 0 fully saturated rings. The standard InChI is InChI=1S/C13H16F3NO2/c1-17(2)10-8-12(19-4)11(18-3)7-9(10)5-6-13(14,15)16/h5-8H,1-4H3/b6-5+. The number of alkyl halides is 3. The van der Waals surface area contributed by atoms with Crippen LogP contribution in [0.5, 0.6) is 11.5 Å². The van der Waals surface area contributed by atoms with Gasteiger partial charge in [0.25, 0.3) is 0 Å². The lowest BCUT2D eigenvalue weighted by atomic mass is 10.1. The van der Waals surface area contributed by atoms with Crippen molar-refractivity contribution in [3.8, 4) is 11.5 Å². The summed E-state index contributed by atoms with van der Waals surface area (Å²) in [5.41, 5.74) is 1.01. The van der Waals surface area contributed by atoms with E-state index in [0.717, 1.165) is 6.08 Å². The Morgan fingerprint density at radius 3 is 2.00 bits per heavy atom. The lowest BCUT2D eigenvalue weighted by Crippen LogP contribution is -2.11. The first kappa shape index (κ1) is 15.2. The van der Waals surface area contributed by atoms with Gasteiger partial charge in [-0.1, -0.05) is 0 Å². The molecule has 106 valence electrons. The van der Waals surface area contributed by atoms with Crippen molar-refractivity contribution in [3.63, 3.8) is 0 Å². The van der Waals surface area contributed by atoms with Crippen molar-refractivity contribution in [1.29, 1.82) is 0 Å². The van der Waals surface area contributed by atoms with Gasteiger partial charge in [-0.2, -0.15) is 13.2 Å². The fraction of sp³-hybridized carbons (Fsp3) is 0.385.